The van der Waals surface area contributed by atoms with Crippen LogP contribution >= 0.6 is 0 Å². The largest absolute Gasteiger partial charge is 0.508 e. The van der Waals surface area contributed by atoms with Gasteiger partial charge in [0, 0.05) is 24.0 Å². The molecule has 0 saturated carbocycles. The maximum absolute atomic E-state index is 10.0. The summed E-state index contributed by atoms with van der Waals surface area (Å²) in [5.74, 6) is 0.963. The molecule has 1 unspecified atom stereocenters. The van der Waals surface area contributed by atoms with Gasteiger partial charge in [0.1, 0.15) is 17.3 Å². The van der Waals surface area contributed by atoms with E-state index in [1.165, 1.54) is 12.1 Å². The molecule has 5 N–H and O–H groups in total. The van der Waals surface area contributed by atoms with E-state index in [-0.39, 0.29) is 17.5 Å². The number of hydrogen-bond donors (Lipinski definition) is 4. The molecule has 23 heavy (non-hydrogen) atoms. The molecule has 0 aliphatic carbocycles. The molecule has 6 heteroatoms. The second kappa shape index (κ2) is 6.10. The average molecular weight is 310 g/mol. The van der Waals surface area contributed by atoms with E-state index in [9.17, 15) is 10.2 Å². The van der Waals surface area contributed by atoms with Crippen LogP contribution in [-0.4, -0.2) is 32.8 Å². The lowest BCUT2D eigenvalue weighted by Gasteiger charge is -2.13. The molecule has 3 aromatic rings. The lowest BCUT2D eigenvalue weighted by Crippen LogP contribution is -2.25. The number of hydrogen-bond acceptors (Lipinski definition) is 6. The highest BCUT2D eigenvalue weighted by atomic mass is 16.3. The van der Waals surface area contributed by atoms with Crippen molar-refractivity contribution in [2.75, 3.05) is 11.9 Å². The molecule has 0 aliphatic rings. The fourth-order valence-electron chi connectivity index (χ4n) is 2.30. The van der Waals surface area contributed by atoms with E-state index >= 15 is 0 Å². The second-order valence-electron chi connectivity index (χ2n) is 5.47. The molecule has 118 valence electrons. The first-order chi connectivity index (χ1) is 11.0. The lowest BCUT2D eigenvalue weighted by atomic mass is 10.1. The number of nitrogens with one attached hydrogen (secondary N) is 1. The molecule has 0 bridgehead atoms. The van der Waals surface area contributed by atoms with Crippen LogP contribution in [0.25, 0.3) is 22.3 Å². The minimum atomic E-state index is -0.0709. The molecule has 3 rings (SSSR count). The molecule has 0 fully saturated rings. The molecule has 6 nitrogen and oxygen atoms in total. The molecule has 1 heterocycles. The Morgan fingerprint density at radius 1 is 1.13 bits per heavy atom. The number of phenols is 2. The third kappa shape index (κ3) is 3.17. The number of nitrogens with two attached hydrogens (primary N) is 1. The van der Waals surface area contributed by atoms with Gasteiger partial charge in [-0.2, -0.15) is 0 Å². The van der Waals surface area contributed by atoms with Crippen LogP contribution in [0.3, 0.4) is 0 Å². The van der Waals surface area contributed by atoms with Crippen LogP contribution in [0.1, 0.15) is 6.92 Å². The molecule has 1 aromatic heterocycles. The van der Waals surface area contributed by atoms with Crippen molar-refractivity contribution in [1.82, 2.24) is 9.97 Å². The van der Waals surface area contributed by atoms with Gasteiger partial charge < -0.3 is 21.3 Å². The van der Waals surface area contributed by atoms with Crippen LogP contribution in [0.15, 0.2) is 42.5 Å². The van der Waals surface area contributed by atoms with Crippen molar-refractivity contribution >= 4 is 16.7 Å². The standard InChI is InChI=1S/C17H18N4O2/c1-10(18)9-19-16-12-4-2-3-5-14(12)20-17(21-16)13-7-6-11(22)8-15(13)23/h2-8,10,22-23H,9,18H2,1H3,(H,19,20,21). The minimum absolute atomic E-state index is 0.0117. The first-order valence-corrected chi connectivity index (χ1v) is 7.33. The minimum Gasteiger partial charge on any atom is -0.508 e. The van der Waals surface area contributed by atoms with Crippen molar-refractivity contribution in [3.05, 3.63) is 42.5 Å². The zero-order valence-electron chi connectivity index (χ0n) is 12.7. The average Bonchev–Trinajstić information content (AvgIpc) is 2.52. The molecule has 1 atom stereocenters. The van der Waals surface area contributed by atoms with Gasteiger partial charge in [0.15, 0.2) is 5.82 Å². The zero-order valence-corrected chi connectivity index (χ0v) is 12.7. The van der Waals surface area contributed by atoms with E-state index in [1.54, 1.807) is 6.07 Å². The van der Waals surface area contributed by atoms with Gasteiger partial charge in [0.05, 0.1) is 11.1 Å². The second-order valence-corrected chi connectivity index (χ2v) is 5.47. The van der Waals surface area contributed by atoms with Gasteiger partial charge in [-0.3, -0.25) is 0 Å². The molecule has 0 spiro atoms. The van der Waals surface area contributed by atoms with Crippen LogP contribution < -0.4 is 11.1 Å². The fourth-order valence-corrected chi connectivity index (χ4v) is 2.30. The van der Waals surface area contributed by atoms with Crippen LogP contribution in [-0.2, 0) is 0 Å². The fraction of sp³-hybridized carbons (Fsp3) is 0.176. The molecule has 2 aromatic carbocycles. The number of aromatic nitrogens is 2. The maximum atomic E-state index is 10.0. The van der Waals surface area contributed by atoms with Gasteiger partial charge in [-0.1, -0.05) is 12.1 Å². The van der Waals surface area contributed by atoms with Crippen molar-refractivity contribution in [3.8, 4) is 22.9 Å². The highest BCUT2D eigenvalue weighted by Gasteiger charge is 2.13. The van der Waals surface area contributed by atoms with Crippen LogP contribution in [0, 0.1) is 0 Å². The number of para-hydroxylation sites is 1. The highest BCUT2D eigenvalue weighted by Crippen LogP contribution is 2.32. The Hall–Kier alpha value is -2.86. The zero-order chi connectivity index (χ0) is 16.4. The van der Waals surface area contributed by atoms with E-state index in [2.05, 4.69) is 15.3 Å². The first kappa shape index (κ1) is 15.1. The topological polar surface area (TPSA) is 104 Å². The Morgan fingerprint density at radius 2 is 1.91 bits per heavy atom. The summed E-state index contributed by atoms with van der Waals surface area (Å²) in [6.45, 7) is 2.48. The van der Waals surface area contributed by atoms with E-state index in [1.807, 2.05) is 31.2 Å². The number of anilines is 1. The Balaban J connectivity index is 2.14. The molecular weight excluding hydrogens is 292 g/mol. The molecular formula is C17H18N4O2. The quantitative estimate of drug-likeness (QED) is 0.590. The number of benzene rings is 2. The Labute approximate surface area is 133 Å². The van der Waals surface area contributed by atoms with E-state index in [0.29, 0.717) is 23.8 Å². The summed E-state index contributed by atoms with van der Waals surface area (Å²) in [5, 5.41) is 23.6. The third-order valence-electron chi connectivity index (χ3n) is 3.42. The number of nitrogens with zero attached hydrogens (tertiary/aromatic N) is 2. The normalized spacial score (nSPS) is 12.3. The van der Waals surface area contributed by atoms with E-state index in [4.69, 9.17) is 5.73 Å². The summed E-state index contributed by atoms with van der Waals surface area (Å²) in [5.41, 5.74) is 7.02. The van der Waals surface area contributed by atoms with Crippen LogP contribution in [0.5, 0.6) is 11.5 Å². The van der Waals surface area contributed by atoms with Crippen molar-refractivity contribution in [3.63, 3.8) is 0 Å². The summed E-state index contributed by atoms with van der Waals surface area (Å²) in [7, 11) is 0. The van der Waals surface area contributed by atoms with Crippen LogP contribution in [0.2, 0.25) is 0 Å². The van der Waals surface area contributed by atoms with Crippen molar-refractivity contribution in [2.45, 2.75) is 13.0 Å². The summed E-state index contributed by atoms with van der Waals surface area (Å²) in [4.78, 5) is 9.01. The predicted molar refractivity (Wildman–Crippen MR) is 90.4 cm³/mol. The number of fused-ring (bicyclic) bond motifs is 1. The molecule has 0 saturated heterocycles. The van der Waals surface area contributed by atoms with Gasteiger partial charge >= 0.3 is 0 Å². The van der Waals surface area contributed by atoms with Crippen LogP contribution in [0.4, 0.5) is 5.82 Å². The molecule has 0 aliphatic heterocycles. The van der Waals surface area contributed by atoms with Crippen molar-refractivity contribution < 1.29 is 10.2 Å². The van der Waals surface area contributed by atoms with Gasteiger partial charge in [-0.05, 0) is 31.2 Å². The number of rotatable bonds is 4. The third-order valence-corrected chi connectivity index (χ3v) is 3.42. The summed E-state index contributed by atoms with van der Waals surface area (Å²) < 4.78 is 0. The predicted octanol–water partition coefficient (Wildman–Crippen LogP) is 2.47. The summed E-state index contributed by atoms with van der Waals surface area (Å²) >= 11 is 0. The first-order valence-electron chi connectivity index (χ1n) is 7.33. The maximum Gasteiger partial charge on any atom is 0.165 e. The Bertz CT molecular complexity index is 849. The van der Waals surface area contributed by atoms with E-state index < -0.39 is 0 Å². The smallest absolute Gasteiger partial charge is 0.165 e. The molecule has 0 amide bonds. The van der Waals surface area contributed by atoms with Gasteiger partial charge in [-0.25, -0.2) is 9.97 Å². The number of aromatic hydroxyl groups is 2. The Kier molecular flexibility index (Phi) is 3.99. The van der Waals surface area contributed by atoms with Crippen molar-refractivity contribution in [1.29, 1.82) is 0 Å². The lowest BCUT2D eigenvalue weighted by molar-refractivity contribution is 0.451. The van der Waals surface area contributed by atoms with E-state index in [0.717, 1.165) is 10.9 Å². The Morgan fingerprint density at radius 3 is 2.65 bits per heavy atom. The summed E-state index contributed by atoms with van der Waals surface area (Å²) in [6, 6.07) is 11.9. The number of phenolic OH excluding ortho intramolecular Hbond substituents is 2. The van der Waals surface area contributed by atoms with Gasteiger partial charge in [0.2, 0.25) is 0 Å². The molecule has 0 radical (unpaired) electrons. The van der Waals surface area contributed by atoms with Gasteiger partial charge in [-0.15, -0.1) is 0 Å². The summed E-state index contributed by atoms with van der Waals surface area (Å²) in [6.07, 6.45) is 0. The monoisotopic (exact) mass is 310 g/mol. The van der Waals surface area contributed by atoms with Crippen molar-refractivity contribution in [2.24, 2.45) is 5.73 Å². The SMILES string of the molecule is CC(N)CNc1nc(-c2ccc(O)cc2O)nc2ccccc12. The van der Waals surface area contributed by atoms with Gasteiger partial charge in [0.25, 0.3) is 0 Å². The highest BCUT2D eigenvalue weighted by molar-refractivity contribution is 5.90.